The SMILES string of the molecule is Cc1cccc(N2C(=O)/C(=C/c3cn(C)c4ccccc34)SC2=S)c1. The van der Waals surface area contributed by atoms with Crippen LogP contribution in [0.15, 0.2) is 59.6 Å². The number of benzene rings is 2. The van der Waals surface area contributed by atoms with Gasteiger partial charge >= 0.3 is 0 Å². The molecule has 3 aromatic rings. The van der Waals surface area contributed by atoms with E-state index in [0.29, 0.717) is 9.23 Å². The first kappa shape index (κ1) is 16.1. The van der Waals surface area contributed by atoms with E-state index in [1.54, 1.807) is 4.90 Å². The molecular formula is C20H16N2OS2. The number of fused-ring (bicyclic) bond motifs is 1. The number of carbonyl (C=O) groups excluding carboxylic acids is 1. The molecule has 1 saturated heterocycles. The van der Waals surface area contributed by atoms with Gasteiger partial charge in [0, 0.05) is 29.7 Å². The van der Waals surface area contributed by atoms with Crippen molar-refractivity contribution in [2.24, 2.45) is 7.05 Å². The largest absolute Gasteiger partial charge is 0.350 e. The molecular weight excluding hydrogens is 348 g/mol. The molecule has 1 aliphatic rings. The third-order valence-corrected chi connectivity index (χ3v) is 5.57. The van der Waals surface area contributed by atoms with Crippen LogP contribution in [0.2, 0.25) is 0 Å². The van der Waals surface area contributed by atoms with Crippen molar-refractivity contribution in [3.8, 4) is 0 Å². The standard InChI is InChI=1S/C20H16N2OS2/c1-13-6-5-7-15(10-13)22-19(23)18(25-20(22)24)11-14-12-21(2)17-9-4-3-8-16(14)17/h3-12H,1-2H3/b18-11-. The fourth-order valence-corrected chi connectivity index (χ4v) is 4.38. The molecule has 3 nitrogen and oxygen atoms in total. The maximum atomic E-state index is 12.9. The summed E-state index contributed by atoms with van der Waals surface area (Å²) in [5, 5.41) is 1.13. The van der Waals surface area contributed by atoms with Crippen LogP contribution in [-0.2, 0) is 11.8 Å². The van der Waals surface area contributed by atoms with Crippen molar-refractivity contribution in [1.82, 2.24) is 4.57 Å². The molecule has 0 unspecified atom stereocenters. The Hall–Kier alpha value is -2.37. The van der Waals surface area contributed by atoms with Crippen LogP contribution in [0.4, 0.5) is 5.69 Å². The van der Waals surface area contributed by atoms with Gasteiger partial charge in [-0.2, -0.15) is 0 Å². The first-order chi connectivity index (χ1) is 12.0. The lowest BCUT2D eigenvalue weighted by Gasteiger charge is -2.14. The number of thioether (sulfide) groups is 1. The average Bonchev–Trinajstić information content (AvgIpc) is 3.05. The second kappa shape index (κ2) is 6.17. The normalized spacial score (nSPS) is 16.4. The Morgan fingerprint density at radius 2 is 1.92 bits per heavy atom. The van der Waals surface area contributed by atoms with E-state index >= 15 is 0 Å². The first-order valence-corrected chi connectivity index (χ1v) is 9.16. The van der Waals surface area contributed by atoms with Crippen LogP contribution in [0.25, 0.3) is 17.0 Å². The average molecular weight is 364 g/mol. The molecule has 124 valence electrons. The smallest absolute Gasteiger partial charge is 0.270 e. The van der Waals surface area contributed by atoms with Gasteiger partial charge in [0.1, 0.15) is 0 Å². The highest BCUT2D eigenvalue weighted by molar-refractivity contribution is 8.27. The highest BCUT2D eigenvalue weighted by Crippen LogP contribution is 2.37. The maximum Gasteiger partial charge on any atom is 0.270 e. The van der Waals surface area contributed by atoms with Crippen LogP contribution < -0.4 is 4.90 Å². The fraction of sp³-hybridized carbons (Fsp3) is 0.100. The van der Waals surface area contributed by atoms with Gasteiger partial charge in [-0.25, -0.2) is 0 Å². The molecule has 5 heteroatoms. The monoisotopic (exact) mass is 364 g/mol. The summed E-state index contributed by atoms with van der Waals surface area (Å²) in [5.74, 6) is -0.0615. The maximum absolute atomic E-state index is 12.9. The van der Waals surface area contributed by atoms with E-state index < -0.39 is 0 Å². The number of nitrogens with zero attached hydrogens (tertiary/aromatic N) is 2. The molecule has 0 saturated carbocycles. The summed E-state index contributed by atoms with van der Waals surface area (Å²) in [6, 6.07) is 16.0. The van der Waals surface area contributed by atoms with Crippen LogP contribution in [0.3, 0.4) is 0 Å². The summed E-state index contributed by atoms with van der Waals surface area (Å²) >= 11 is 6.81. The van der Waals surface area contributed by atoms with Crippen LogP contribution >= 0.6 is 24.0 Å². The molecule has 2 heterocycles. The molecule has 0 atom stereocenters. The number of rotatable bonds is 2. The molecule has 0 radical (unpaired) electrons. The zero-order valence-electron chi connectivity index (χ0n) is 13.9. The number of aromatic nitrogens is 1. The summed E-state index contributed by atoms with van der Waals surface area (Å²) < 4.78 is 2.64. The molecule has 25 heavy (non-hydrogen) atoms. The van der Waals surface area contributed by atoms with E-state index in [2.05, 4.69) is 16.7 Å². The number of aryl methyl sites for hydroxylation is 2. The molecule has 0 bridgehead atoms. The molecule has 2 aromatic carbocycles. The van der Waals surface area contributed by atoms with Crippen LogP contribution in [0.1, 0.15) is 11.1 Å². The lowest BCUT2D eigenvalue weighted by atomic mass is 10.1. The zero-order chi connectivity index (χ0) is 17.6. The lowest BCUT2D eigenvalue weighted by molar-refractivity contribution is -0.113. The number of hydrogen-bond donors (Lipinski definition) is 0. The number of thiocarbonyl (C=S) groups is 1. The number of anilines is 1. The minimum absolute atomic E-state index is 0.0615. The van der Waals surface area contributed by atoms with Gasteiger partial charge in [0.15, 0.2) is 4.32 Å². The Morgan fingerprint density at radius 1 is 1.12 bits per heavy atom. The zero-order valence-corrected chi connectivity index (χ0v) is 15.5. The van der Waals surface area contributed by atoms with Crippen LogP contribution in [0.5, 0.6) is 0 Å². The Bertz CT molecular complexity index is 1050. The minimum atomic E-state index is -0.0615. The van der Waals surface area contributed by atoms with Gasteiger partial charge < -0.3 is 4.57 Å². The summed E-state index contributed by atoms with van der Waals surface area (Å²) in [4.78, 5) is 15.2. The molecule has 1 fully saturated rings. The molecule has 1 aromatic heterocycles. The summed E-state index contributed by atoms with van der Waals surface area (Å²) in [5.41, 5.74) is 4.10. The predicted octanol–water partition coefficient (Wildman–Crippen LogP) is 4.89. The fourth-order valence-electron chi connectivity index (χ4n) is 3.09. The molecule has 0 aliphatic carbocycles. The van der Waals surface area contributed by atoms with Gasteiger partial charge in [-0.15, -0.1) is 0 Å². The van der Waals surface area contributed by atoms with Crippen LogP contribution in [0, 0.1) is 6.92 Å². The third kappa shape index (κ3) is 2.79. The van der Waals surface area contributed by atoms with Gasteiger partial charge in [0.2, 0.25) is 0 Å². The number of carbonyl (C=O) groups is 1. The van der Waals surface area contributed by atoms with Crippen molar-refractivity contribution in [2.75, 3.05) is 4.90 Å². The predicted molar refractivity (Wildman–Crippen MR) is 110 cm³/mol. The van der Waals surface area contributed by atoms with Gasteiger partial charge in [0.25, 0.3) is 5.91 Å². The van der Waals surface area contributed by atoms with Crippen molar-refractivity contribution in [2.45, 2.75) is 6.92 Å². The number of hydrogen-bond acceptors (Lipinski definition) is 3. The van der Waals surface area contributed by atoms with Gasteiger partial charge in [-0.05, 0) is 36.8 Å². The second-order valence-corrected chi connectivity index (χ2v) is 7.74. The molecule has 1 amide bonds. The molecule has 0 spiro atoms. The second-order valence-electron chi connectivity index (χ2n) is 6.07. The molecule has 0 N–H and O–H groups in total. The molecule has 4 rings (SSSR count). The Labute approximate surface area is 155 Å². The Balaban J connectivity index is 1.75. The van der Waals surface area contributed by atoms with Crippen molar-refractivity contribution in [3.05, 3.63) is 70.8 Å². The van der Waals surface area contributed by atoms with E-state index in [-0.39, 0.29) is 5.91 Å². The van der Waals surface area contributed by atoms with Crippen molar-refractivity contribution < 1.29 is 4.79 Å². The Morgan fingerprint density at radius 3 is 2.72 bits per heavy atom. The van der Waals surface area contributed by atoms with E-state index in [1.807, 2.05) is 62.6 Å². The summed E-state index contributed by atoms with van der Waals surface area (Å²) in [6.07, 6.45) is 3.99. The highest BCUT2D eigenvalue weighted by atomic mass is 32.2. The van der Waals surface area contributed by atoms with Crippen LogP contribution in [-0.4, -0.2) is 14.8 Å². The highest BCUT2D eigenvalue weighted by Gasteiger charge is 2.33. The van der Waals surface area contributed by atoms with Crippen molar-refractivity contribution in [1.29, 1.82) is 0 Å². The van der Waals surface area contributed by atoms with Crippen molar-refractivity contribution in [3.63, 3.8) is 0 Å². The third-order valence-electron chi connectivity index (χ3n) is 4.27. The number of amides is 1. The van der Waals surface area contributed by atoms with E-state index in [4.69, 9.17) is 12.2 Å². The van der Waals surface area contributed by atoms with E-state index in [1.165, 1.54) is 11.8 Å². The molecule has 1 aliphatic heterocycles. The minimum Gasteiger partial charge on any atom is -0.350 e. The van der Waals surface area contributed by atoms with Crippen molar-refractivity contribution >= 4 is 56.9 Å². The topological polar surface area (TPSA) is 25.2 Å². The van der Waals surface area contributed by atoms with E-state index in [9.17, 15) is 4.79 Å². The lowest BCUT2D eigenvalue weighted by Crippen LogP contribution is -2.27. The summed E-state index contributed by atoms with van der Waals surface area (Å²) in [6.45, 7) is 2.01. The van der Waals surface area contributed by atoms with Gasteiger partial charge in [-0.1, -0.05) is 54.3 Å². The first-order valence-electron chi connectivity index (χ1n) is 7.93. The number of para-hydroxylation sites is 1. The Kier molecular flexibility index (Phi) is 3.98. The quantitative estimate of drug-likeness (QED) is 0.478. The van der Waals surface area contributed by atoms with Gasteiger partial charge in [-0.3, -0.25) is 9.69 Å². The summed E-state index contributed by atoms with van der Waals surface area (Å²) in [7, 11) is 2.01. The van der Waals surface area contributed by atoms with E-state index in [0.717, 1.165) is 27.7 Å². The van der Waals surface area contributed by atoms with Gasteiger partial charge in [0.05, 0.1) is 10.6 Å².